The number of hydrogen-bond acceptors (Lipinski definition) is 3. The minimum absolute atomic E-state index is 0.111. The topological polar surface area (TPSA) is 33.0 Å². The number of thiophene rings is 1. The molecule has 0 spiro atoms. The molecule has 1 aromatic heterocycles. The molecule has 1 aromatic carbocycles. The zero-order valence-corrected chi connectivity index (χ0v) is 11.3. The smallest absolute Gasteiger partial charge is 0.142 e. The lowest BCUT2D eigenvalue weighted by Gasteiger charge is -2.12. The summed E-state index contributed by atoms with van der Waals surface area (Å²) in [6, 6.07) is 12.3. The van der Waals surface area contributed by atoms with Gasteiger partial charge >= 0.3 is 0 Å². The van der Waals surface area contributed by atoms with Crippen LogP contribution in [0.25, 0.3) is 10.4 Å². The molecule has 0 fully saturated rings. The zero-order chi connectivity index (χ0) is 13.0. The molecule has 0 N–H and O–H groups in total. The van der Waals surface area contributed by atoms with Crippen molar-refractivity contribution >= 4 is 11.3 Å². The number of nitrogens with zero attached hydrogens (tertiary/aromatic N) is 1. The molecule has 0 saturated heterocycles. The fraction of sp³-hybridized carbons (Fsp3) is 0.267. The average Bonchev–Trinajstić information content (AvgIpc) is 2.73. The van der Waals surface area contributed by atoms with Gasteiger partial charge in [0.1, 0.15) is 5.75 Å². The first kappa shape index (κ1) is 12.7. The van der Waals surface area contributed by atoms with E-state index in [1.54, 1.807) is 11.3 Å². The summed E-state index contributed by atoms with van der Waals surface area (Å²) in [6.07, 6.45) is 0.505. The molecule has 18 heavy (non-hydrogen) atoms. The second kappa shape index (κ2) is 5.70. The van der Waals surface area contributed by atoms with Crippen molar-refractivity contribution in [2.24, 2.45) is 0 Å². The Morgan fingerprint density at radius 2 is 2.00 bits per heavy atom. The predicted molar refractivity (Wildman–Crippen MR) is 74.8 cm³/mol. The van der Waals surface area contributed by atoms with Gasteiger partial charge in [-0.3, -0.25) is 0 Å². The normalized spacial score (nSPS) is 10.3. The van der Waals surface area contributed by atoms with Crippen molar-refractivity contribution in [1.82, 2.24) is 0 Å². The molecule has 0 aliphatic rings. The van der Waals surface area contributed by atoms with Crippen LogP contribution >= 0.6 is 11.3 Å². The van der Waals surface area contributed by atoms with E-state index < -0.39 is 0 Å². The van der Waals surface area contributed by atoms with E-state index in [1.165, 1.54) is 0 Å². The number of nitriles is 1. The highest BCUT2D eigenvalue weighted by molar-refractivity contribution is 7.14. The highest BCUT2D eigenvalue weighted by Gasteiger charge is 2.15. The van der Waals surface area contributed by atoms with Gasteiger partial charge in [0.2, 0.25) is 0 Å². The maximum atomic E-state index is 8.86. The van der Waals surface area contributed by atoms with Gasteiger partial charge in [-0.2, -0.15) is 5.26 Å². The van der Waals surface area contributed by atoms with Gasteiger partial charge in [0, 0.05) is 5.56 Å². The molecule has 0 radical (unpaired) electrons. The predicted octanol–water partition coefficient (Wildman–Crippen LogP) is 4.27. The first-order valence-electron chi connectivity index (χ1n) is 5.91. The van der Waals surface area contributed by atoms with Crippen LogP contribution in [0.4, 0.5) is 0 Å². The molecule has 3 heteroatoms. The first-order valence-corrected chi connectivity index (χ1v) is 6.79. The quantitative estimate of drug-likeness (QED) is 0.819. The Kier molecular flexibility index (Phi) is 4.01. The van der Waals surface area contributed by atoms with E-state index in [1.807, 2.05) is 37.4 Å². The van der Waals surface area contributed by atoms with E-state index in [4.69, 9.17) is 10.00 Å². The van der Waals surface area contributed by atoms with Crippen LogP contribution in [0.15, 0.2) is 35.7 Å². The molecule has 0 bridgehead atoms. The number of rotatable bonds is 4. The Labute approximate surface area is 111 Å². The Bertz CT molecular complexity index is 552. The Morgan fingerprint density at radius 3 is 2.61 bits per heavy atom. The van der Waals surface area contributed by atoms with Gasteiger partial charge in [0.15, 0.2) is 0 Å². The van der Waals surface area contributed by atoms with E-state index in [-0.39, 0.29) is 6.10 Å². The van der Waals surface area contributed by atoms with Gasteiger partial charge < -0.3 is 4.74 Å². The first-order chi connectivity index (χ1) is 8.72. The Hall–Kier alpha value is -1.79. The third kappa shape index (κ3) is 2.72. The fourth-order valence-corrected chi connectivity index (χ4v) is 2.75. The molecule has 2 nitrogen and oxygen atoms in total. The third-order valence-electron chi connectivity index (χ3n) is 2.48. The summed E-state index contributed by atoms with van der Waals surface area (Å²) in [7, 11) is 0. The van der Waals surface area contributed by atoms with Crippen molar-refractivity contribution in [3.8, 4) is 22.3 Å². The number of hydrogen-bond donors (Lipinski definition) is 0. The Morgan fingerprint density at radius 1 is 1.28 bits per heavy atom. The van der Waals surface area contributed by atoms with Crippen molar-refractivity contribution < 1.29 is 4.74 Å². The van der Waals surface area contributed by atoms with Gasteiger partial charge in [-0.1, -0.05) is 30.3 Å². The summed E-state index contributed by atoms with van der Waals surface area (Å²) >= 11 is 1.64. The molecule has 0 unspecified atom stereocenters. The fourth-order valence-electron chi connectivity index (χ4n) is 1.74. The second-order valence-electron chi connectivity index (χ2n) is 4.29. The maximum Gasteiger partial charge on any atom is 0.142 e. The summed E-state index contributed by atoms with van der Waals surface area (Å²) in [5.74, 6) is 0.864. The van der Waals surface area contributed by atoms with Crippen LogP contribution in [0.5, 0.6) is 5.75 Å². The average molecular weight is 257 g/mol. The summed E-state index contributed by atoms with van der Waals surface area (Å²) in [5.41, 5.74) is 2.12. The van der Waals surface area contributed by atoms with Crippen LogP contribution in [0.3, 0.4) is 0 Å². The largest absolute Gasteiger partial charge is 0.489 e. The second-order valence-corrected chi connectivity index (χ2v) is 5.17. The van der Waals surface area contributed by atoms with Gasteiger partial charge in [-0.25, -0.2) is 0 Å². The summed E-state index contributed by atoms with van der Waals surface area (Å²) in [4.78, 5) is 1.11. The molecule has 0 saturated carbocycles. The van der Waals surface area contributed by atoms with Crippen molar-refractivity contribution in [3.63, 3.8) is 0 Å². The van der Waals surface area contributed by atoms with E-state index in [0.29, 0.717) is 6.42 Å². The van der Waals surface area contributed by atoms with E-state index in [2.05, 4.69) is 18.2 Å². The van der Waals surface area contributed by atoms with Gasteiger partial charge in [0.25, 0.3) is 0 Å². The summed E-state index contributed by atoms with van der Waals surface area (Å²) in [5, 5.41) is 10.9. The zero-order valence-electron chi connectivity index (χ0n) is 10.5. The molecular formula is C15H15NOS. The van der Waals surface area contributed by atoms with Crippen molar-refractivity contribution in [2.45, 2.75) is 26.4 Å². The van der Waals surface area contributed by atoms with Crippen LogP contribution in [0, 0.1) is 11.3 Å². The summed E-state index contributed by atoms with van der Waals surface area (Å²) in [6.45, 7) is 4.01. The monoisotopic (exact) mass is 257 g/mol. The van der Waals surface area contributed by atoms with Crippen LogP contribution in [0.1, 0.15) is 19.4 Å². The third-order valence-corrected chi connectivity index (χ3v) is 3.54. The number of ether oxygens (including phenoxy) is 1. The van der Waals surface area contributed by atoms with Crippen molar-refractivity contribution in [1.29, 1.82) is 5.26 Å². The molecule has 0 amide bonds. The molecule has 0 aliphatic heterocycles. The van der Waals surface area contributed by atoms with Gasteiger partial charge in [0.05, 0.1) is 23.5 Å². The van der Waals surface area contributed by atoms with Crippen LogP contribution in [-0.4, -0.2) is 6.10 Å². The highest BCUT2D eigenvalue weighted by Crippen LogP contribution is 2.40. The van der Waals surface area contributed by atoms with E-state index in [9.17, 15) is 0 Å². The van der Waals surface area contributed by atoms with Crippen molar-refractivity contribution in [2.75, 3.05) is 0 Å². The minimum atomic E-state index is 0.111. The lowest BCUT2D eigenvalue weighted by molar-refractivity contribution is 0.242. The Balaban J connectivity index is 2.45. The highest BCUT2D eigenvalue weighted by atomic mass is 32.1. The van der Waals surface area contributed by atoms with Crippen LogP contribution in [-0.2, 0) is 6.42 Å². The molecular weight excluding hydrogens is 242 g/mol. The molecule has 0 atom stereocenters. The van der Waals surface area contributed by atoms with Crippen LogP contribution in [0.2, 0.25) is 0 Å². The molecule has 2 aromatic rings. The molecule has 2 rings (SSSR count). The molecule has 0 aliphatic carbocycles. The van der Waals surface area contributed by atoms with E-state index in [0.717, 1.165) is 21.8 Å². The van der Waals surface area contributed by atoms with Gasteiger partial charge in [-0.15, -0.1) is 11.3 Å². The minimum Gasteiger partial charge on any atom is -0.489 e. The van der Waals surface area contributed by atoms with Crippen molar-refractivity contribution in [3.05, 3.63) is 41.3 Å². The van der Waals surface area contributed by atoms with Gasteiger partial charge in [-0.05, 0) is 24.8 Å². The summed E-state index contributed by atoms with van der Waals surface area (Å²) < 4.78 is 5.88. The van der Waals surface area contributed by atoms with Crippen LogP contribution < -0.4 is 4.74 Å². The lowest BCUT2D eigenvalue weighted by Crippen LogP contribution is -2.07. The molecule has 1 heterocycles. The maximum absolute atomic E-state index is 8.86. The lowest BCUT2D eigenvalue weighted by atomic mass is 10.1. The molecule has 92 valence electrons. The van der Waals surface area contributed by atoms with E-state index >= 15 is 0 Å². The standard InChI is InChI=1S/C15H15NOS/c1-11(2)17-14-13(8-9-16)10-18-15(14)12-6-4-3-5-7-12/h3-7,10-11H,8H2,1-2H3. The SMILES string of the molecule is CC(C)Oc1c(CC#N)csc1-c1ccccc1. The number of benzene rings is 1.